The fraction of sp³-hybridized carbons (Fsp3) is 0.364. The van der Waals surface area contributed by atoms with Crippen LogP contribution >= 0.6 is 11.6 Å². The summed E-state index contributed by atoms with van der Waals surface area (Å²) in [6, 6.07) is 16.7. The number of nitrogens with one attached hydrogen (secondary N) is 3. The number of para-hydroxylation sites is 1. The average Bonchev–Trinajstić information content (AvgIpc) is 2.70. The number of nitrogens with zero attached hydrogens (tertiary/aromatic N) is 1. The summed E-state index contributed by atoms with van der Waals surface area (Å²) in [5.41, 5.74) is 1.77. The Morgan fingerprint density at radius 3 is 2.52 bits per heavy atom. The Kier molecular flexibility index (Phi) is 7.49. The van der Waals surface area contributed by atoms with E-state index >= 15 is 0 Å². The topological polar surface area (TPSA) is 73.5 Å². The highest BCUT2D eigenvalue weighted by molar-refractivity contribution is 6.30. The highest BCUT2D eigenvalue weighted by Crippen LogP contribution is 2.17. The van der Waals surface area contributed by atoms with Gasteiger partial charge in [-0.05, 0) is 49.6 Å². The summed E-state index contributed by atoms with van der Waals surface area (Å²) in [7, 11) is 0. The number of anilines is 1. The van der Waals surface area contributed by atoms with Crippen molar-refractivity contribution < 1.29 is 9.59 Å². The van der Waals surface area contributed by atoms with Gasteiger partial charge in [0.15, 0.2) is 0 Å². The first-order valence-corrected chi connectivity index (χ1v) is 10.3. The maximum absolute atomic E-state index is 12.3. The van der Waals surface area contributed by atoms with Crippen LogP contribution in [0.1, 0.15) is 31.4 Å². The molecule has 0 aliphatic carbocycles. The van der Waals surface area contributed by atoms with Gasteiger partial charge in [-0.25, -0.2) is 4.79 Å². The van der Waals surface area contributed by atoms with Gasteiger partial charge in [0, 0.05) is 29.8 Å². The van der Waals surface area contributed by atoms with Crippen LogP contribution in [0.15, 0.2) is 54.6 Å². The molecule has 2 aromatic rings. The van der Waals surface area contributed by atoms with Crippen molar-refractivity contribution in [1.82, 2.24) is 15.5 Å². The summed E-state index contributed by atoms with van der Waals surface area (Å²) in [5.74, 6) is -0.0179. The van der Waals surface area contributed by atoms with Crippen LogP contribution in [0.4, 0.5) is 10.5 Å². The van der Waals surface area contributed by atoms with Crippen LogP contribution in [0.3, 0.4) is 0 Å². The average molecular weight is 415 g/mol. The third-order valence-electron chi connectivity index (χ3n) is 5.04. The molecule has 1 heterocycles. The van der Waals surface area contributed by atoms with E-state index in [4.69, 9.17) is 11.6 Å². The second-order valence-corrected chi connectivity index (χ2v) is 7.80. The van der Waals surface area contributed by atoms with Crippen LogP contribution in [0.2, 0.25) is 5.02 Å². The fourth-order valence-electron chi connectivity index (χ4n) is 3.44. The number of halogens is 1. The summed E-state index contributed by atoms with van der Waals surface area (Å²) < 4.78 is 0. The molecule has 0 radical (unpaired) electrons. The van der Waals surface area contributed by atoms with E-state index in [1.165, 1.54) is 0 Å². The zero-order chi connectivity index (χ0) is 20.6. The molecule has 0 saturated carbocycles. The first-order valence-electron chi connectivity index (χ1n) is 9.89. The Morgan fingerprint density at radius 1 is 1.10 bits per heavy atom. The molecule has 1 fully saturated rings. The van der Waals surface area contributed by atoms with E-state index in [1.807, 2.05) is 61.5 Å². The Morgan fingerprint density at radius 2 is 1.83 bits per heavy atom. The first kappa shape index (κ1) is 21.1. The van der Waals surface area contributed by atoms with Crippen molar-refractivity contribution in [2.75, 3.05) is 25.0 Å². The minimum absolute atomic E-state index is 0.0179. The third kappa shape index (κ3) is 6.76. The number of piperidine rings is 1. The Bertz CT molecular complexity index is 823. The van der Waals surface area contributed by atoms with Crippen LogP contribution in [0, 0.1) is 0 Å². The lowest BCUT2D eigenvalue weighted by Crippen LogP contribution is -2.49. The molecular formula is C22H27ClN4O2. The third-order valence-corrected chi connectivity index (χ3v) is 5.28. The van der Waals surface area contributed by atoms with Crippen molar-refractivity contribution in [3.8, 4) is 0 Å². The molecule has 1 aliphatic heterocycles. The van der Waals surface area contributed by atoms with Gasteiger partial charge >= 0.3 is 6.03 Å². The van der Waals surface area contributed by atoms with Gasteiger partial charge in [0.25, 0.3) is 0 Å². The zero-order valence-electron chi connectivity index (χ0n) is 16.5. The van der Waals surface area contributed by atoms with Crippen molar-refractivity contribution >= 4 is 29.2 Å². The number of hydrogen-bond acceptors (Lipinski definition) is 3. The zero-order valence-corrected chi connectivity index (χ0v) is 17.3. The summed E-state index contributed by atoms with van der Waals surface area (Å²) in [6.07, 6.45) is 1.63. The monoisotopic (exact) mass is 414 g/mol. The largest absolute Gasteiger partial charge is 0.335 e. The molecule has 0 spiro atoms. The van der Waals surface area contributed by atoms with Crippen LogP contribution in [-0.2, 0) is 4.79 Å². The van der Waals surface area contributed by atoms with E-state index in [0.29, 0.717) is 11.6 Å². The molecule has 0 bridgehead atoms. The second-order valence-electron chi connectivity index (χ2n) is 7.36. The summed E-state index contributed by atoms with van der Waals surface area (Å²) in [4.78, 5) is 26.6. The summed E-state index contributed by atoms with van der Waals surface area (Å²) >= 11 is 6.01. The lowest BCUT2D eigenvalue weighted by atomic mass is 10.1. The quantitative estimate of drug-likeness (QED) is 0.673. The SMILES string of the molecule is C[C@@H](NC(=O)NC1CCN(CC(=O)Nc2ccccc2)CC1)c1cccc(Cl)c1. The summed E-state index contributed by atoms with van der Waals surface area (Å²) in [6.45, 7) is 3.84. The number of urea groups is 1. The molecule has 7 heteroatoms. The van der Waals surface area contributed by atoms with E-state index in [2.05, 4.69) is 20.9 Å². The predicted octanol–water partition coefficient (Wildman–Crippen LogP) is 3.80. The Hall–Kier alpha value is -2.57. The number of hydrogen-bond donors (Lipinski definition) is 3. The van der Waals surface area contributed by atoms with Gasteiger partial charge < -0.3 is 16.0 Å². The van der Waals surface area contributed by atoms with Crippen molar-refractivity contribution in [2.45, 2.75) is 31.8 Å². The summed E-state index contributed by atoms with van der Waals surface area (Å²) in [5, 5.41) is 9.55. The smallest absolute Gasteiger partial charge is 0.315 e. The van der Waals surface area contributed by atoms with Crippen LogP contribution in [-0.4, -0.2) is 42.5 Å². The molecule has 1 atom stereocenters. The number of amides is 3. The van der Waals surface area contributed by atoms with E-state index in [1.54, 1.807) is 0 Å². The van der Waals surface area contributed by atoms with Crippen molar-refractivity contribution in [1.29, 1.82) is 0 Å². The second kappa shape index (κ2) is 10.3. The number of likely N-dealkylation sites (tertiary alicyclic amines) is 1. The van der Waals surface area contributed by atoms with Gasteiger partial charge in [-0.3, -0.25) is 9.69 Å². The van der Waals surface area contributed by atoms with Crippen molar-refractivity contribution in [3.05, 3.63) is 65.2 Å². The van der Waals surface area contributed by atoms with Crippen molar-refractivity contribution in [2.24, 2.45) is 0 Å². The molecule has 2 aromatic carbocycles. The van der Waals surface area contributed by atoms with Gasteiger partial charge in [-0.15, -0.1) is 0 Å². The van der Waals surface area contributed by atoms with E-state index in [-0.39, 0.29) is 24.0 Å². The molecular weight excluding hydrogens is 388 g/mol. The van der Waals surface area contributed by atoms with Crippen molar-refractivity contribution in [3.63, 3.8) is 0 Å². The maximum atomic E-state index is 12.3. The Balaban J connectivity index is 1.38. The van der Waals surface area contributed by atoms with Gasteiger partial charge in [-0.2, -0.15) is 0 Å². The highest BCUT2D eigenvalue weighted by Gasteiger charge is 2.22. The molecule has 29 heavy (non-hydrogen) atoms. The van der Waals surface area contributed by atoms with Gasteiger partial charge in [0.05, 0.1) is 12.6 Å². The number of benzene rings is 2. The molecule has 1 saturated heterocycles. The molecule has 0 aromatic heterocycles. The van der Waals surface area contributed by atoms with Gasteiger partial charge in [-0.1, -0.05) is 41.9 Å². The number of rotatable bonds is 6. The number of carbonyl (C=O) groups excluding carboxylic acids is 2. The molecule has 1 aliphatic rings. The number of carbonyl (C=O) groups is 2. The Labute approximate surface area is 176 Å². The van der Waals surface area contributed by atoms with Crippen LogP contribution in [0.25, 0.3) is 0 Å². The lowest BCUT2D eigenvalue weighted by Gasteiger charge is -2.32. The van der Waals surface area contributed by atoms with Crippen LogP contribution < -0.4 is 16.0 Å². The van der Waals surface area contributed by atoms with Crippen LogP contribution in [0.5, 0.6) is 0 Å². The maximum Gasteiger partial charge on any atom is 0.315 e. The molecule has 154 valence electrons. The molecule has 0 unspecified atom stereocenters. The fourth-order valence-corrected chi connectivity index (χ4v) is 3.64. The first-order chi connectivity index (χ1) is 14.0. The van der Waals surface area contributed by atoms with E-state index in [0.717, 1.165) is 37.2 Å². The minimum Gasteiger partial charge on any atom is -0.335 e. The predicted molar refractivity (Wildman–Crippen MR) is 116 cm³/mol. The van der Waals surface area contributed by atoms with E-state index in [9.17, 15) is 9.59 Å². The lowest BCUT2D eigenvalue weighted by molar-refractivity contribution is -0.117. The van der Waals surface area contributed by atoms with Gasteiger partial charge in [0.2, 0.25) is 5.91 Å². The molecule has 6 nitrogen and oxygen atoms in total. The normalized spacial score (nSPS) is 16.1. The molecule has 3 N–H and O–H groups in total. The van der Waals surface area contributed by atoms with E-state index < -0.39 is 0 Å². The highest BCUT2D eigenvalue weighted by atomic mass is 35.5. The standard InChI is InChI=1S/C22H27ClN4O2/c1-16(17-6-5-7-18(23)14-17)24-22(29)26-20-10-12-27(13-11-20)15-21(28)25-19-8-3-2-4-9-19/h2-9,14,16,20H,10-13,15H2,1H3,(H,25,28)(H2,24,26,29)/t16-/m1/s1. The minimum atomic E-state index is -0.183. The molecule has 3 amide bonds. The molecule has 3 rings (SSSR count). The van der Waals surface area contributed by atoms with Gasteiger partial charge in [0.1, 0.15) is 0 Å².